The average molecular weight is 511 g/mol. The molecule has 1 N–H and O–H groups in total. The predicted molar refractivity (Wildman–Crippen MR) is 139 cm³/mol. The molecule has 4 aromatic rings. The monoisotopic (exact) mass is 510 g/mol. The average Bonchev–Trinajstić information content (AvgIpc) is 3.27. The van der Waals surface area contributed by atoms with Gasteiger partial charge >= 0.3 is 0 Å². The highest BCUT2D eigenvalue weighted by Crippen LogP contribution is 2.32. The summed E-state index contributed by atoms with van der Waals surface area (Å²) in [5, 5.41) is 13.0. The quantitative estimate of drug-likeness (QED) is 0.268. The summed E-state index contributed by atoms with van der Waals surface area (Å²) >= 11 is 9.19. The van der Waals surface area contributed by atoms with Crippen molar-refractivity contribution < 1.29 is 9.53 Å². The van der Waals surface area contributed by atoms with Crippen molar-refractivity contribution in [1.29, 1.82) is 0 Å². The van der Waals surface area contributed by atoms with E-state index in [9.17, 15) is 4.79 Å². The Hall–Kier alpha value is -2.94. The second kappa shape index (κ2) is 11.5. The number of hydrogen-bond donors (Lipinski definition) is 1. The number of anilines is 1. The number of thioether (sulfide) groups is 2. The fourth-order valence-electron chi connectivity index (χ4n) is 3.23. The predicted octanol–water partition coefficient (Wildman–Crippen LogP) is 6.26. The van der Waals surface area contributed by atoms with E-state index in [0.717, 1.165) is 22.0 Å². The van der Waals surface area contributed by atoms with Crippen LogP contribution in [0, 0.1) is 6.92 Å². The van der Waals surface area contributed by atoms with Crippen LogP contribution in [0.4, 0.5) is 5.69 Å². The Morgan fingerprint density at radius 2 is 1.74 bits per heavy atom. The molecule has 3 aromatic carbocycles. The van der Waals surface area contributed by atoms with Crippen LogP contribution in [0.15, 0.2) is 82.8 Å². The number of halogens is 1. The Bertz CT molecular complexity index is 1270. The number of benzene rings is 3. The maximum atomic E-state index is 12.7. The summed E-state index contributed by atoms with van der Waals surface area (Å²) in [4.78, 5) is 13.9. The van der Waals surface area contributed by atoms with Crippen molar-refractivity contribution in [3.8, 4) is 11.4 Å². The minimum atomic E-state index is -0.173. The van der Waals surface area contributed by atoms with Crippen LogP contribution in [-0.2, 0) is 10.5 Å². The molecule has 0 aliphatic carbocycles. The second-order valence-electron chi connectivity index (χ2n) is 7.31. The molecule has 6 nitrogen and oxygen atoms in total. The molecule has 1 aromatic heterocycles. The highest BCUT2D eigenvalue weighted by molar-refractivity contribution is 7.99. The Labute approximate surface area is 212 Å². The summed E-state index contributed by atoms with van der Waals surface area (Å²) in [6, 6.07) is 23.6. The zero-order chi connectivity index (χ0) is 23.9. The van der Waals surface area contributed by atoms with Crippen molar-refractivity contribution in [2.75, 3.05) is 18.2 Å². The zero-order valence-corrected chi connectivity index (χ0v) is 21.1. The first-order chi connectivity index (χ1) is 16.5. The van der Waals surface area contributed by atoms with Gasteiger partial charge in [-0.3, -0.25) is 9.36 Å². The summed E-state index contributed by atoms with van der Waals surface area (Å²) in [5.41, 5.74) is 2.39. The van der Waals surface area contributed by atoms with E-state index in [-0.39, 0.29) is 11.7 Å². The number of hydrogen-bond acceptors (Lipinski definition) is 6. The van der Waals surface area contributed by atoms with Crippen LogP contribution in [-0.4, -0.2) is 33.5 Å². The van der Waals surface area contributed by atoms with Gasteiger partial charge in [-0.15, -0.1) is 22.0 Å². The maximum absolute atomic E-state index is 12.7. The van der Waals surface area contributed by atoms with Gasteiger partial charge in [0.25, 0.3) is 0 Å². The molecular weight excluding hydrogens is 488 g/mol. The molecule has 0 saturated heterocycles. The lowest BCUT2D eigenvalue weighted by Gasteiger charge is -2.13. The molecule has 9 heteroatoms. The minimum Gasteiger partial charge on any atom is -0.495 e. The van der Waals surface area contributed by atoms with Crippen LogP contribution < -0.4 is 10.1 Å². The highest BCUT2D eigenvalue weighted by Gasteiger charge is 2.17. The van der Waals surface area contributed by atoms with Gasteiger partial charge in [0.15, 0.2) is 5.16 Å². The third-order valence-corrected chi connectivity index (χ3v) is 7.26. The molecule has 34 heavy (non-hydrogen) atoms. The Morgan fingerprint density at radius 1 is 1.03 bits per heavy atom. The van der Waals surface area contributed by atoms with Crippen molar-refractivity contribution in [3.63, 3.8) is 0 Å². The lowest BCUT2D eigenvalue weighted by molar-refractivity contribution is -0.113. The molecule has 0 atom stereocenters. The number of amides is 1. The van der Waals surface area contributed by atoms with Crippen LogP contribution >= 0.6 is 35.1 Å². The summed E-state index contributed by atoms with van der Waals surface area (Å²) in [5.74, 6) is 1.98. The van der Waals surface area contributed by atoms with E-state index in [1.165, 1.54) is 11.8 Å². The molecule has 0 unspecified atom stereocenters. The van der Waals surface area contributed by atoms with Gasteiger partial charge in [0.05, 0.1) is 24.3 Å². The third kappa shape index (κ3) is 5.94. The van der Waals surface area contributed by atoms with Crippen molar-refractivity contribution in [1.82, 2.24) is 14.8 Å². The van der Waals surface area contributed by atoms with E-state index >= 15 is 0 Å². The van der Waals surface area contributed by atoms with Gasteiger partial charge in [-0.2, -0.15) is 0 Å². The van der Waals surface area contributed by atoms with Crippen LogP contribution in [0.1, 0.15) is 11.4 Å². The van der Waals surface area contributed by atoms with Crippen molar-refractivity contribution in [2.24, 2.45) is 0 Å². The Morgan fingerprint density at radius 3 is 2.44 bits per heavy atom. The second-order valence-corrected chi connectivity index (χ2v) is 9.71. The largest absolute Gasteiger partial charge is 0.495 e. The van der Waals surface area contributed by atoms with E-state index in [1.807, 2.05) is 60.0 Å². The third-order valence-electron chi connectivity index (χ3n) is 4.91. The molecule has 1 heterocycles. The molecule has 0 aliphatic heterocycles. The normalized spacial score (nSPS) is 10.8. The van der Waals surface area contributed by atoms with Crippen LogP contribution in [0.25, 0.3) is 5.69 Å². The summed E-state index contributed by atoms with van der Waals surface area (Å²) < 4.78 is 7.35. The van der Waals surface area contributed by atoms with Gasteiger partial charge in [0.2, 0.25) is 5.91 Å². The Kier molecular flexibility index (Phi) is 8.16. The first-order valence-corrected chi connectivity index (χ1v) is 12.8. The molecular formula is C25H23ClN4O2S2. The first kappa shape index (κ1) is 24.2. The summed E-state index contributed by atoms with van der Waals surface area (Å²) in [6.45, 7) is 1.88. The fraction of sp³-hybridized carbons (Fsp3) is 0.160. The van der Waals surface area contributed by atoms with Gasteiger partial charge < -0.3 is 10.1 Å². The number of nitrogens with zero attached hydrogens (tertiary/aromatic N) is 3. The van der Waals surface area contributed by atoms with Gasteiger partial charge in [-0.1, -0.05) is 59.8 Å². The van der Waals surface area contributed by atoms with E-state index in [1.54, 1.807) is 31.0 Å². The fourth-order valence-corrected chi connectivity index (χ4v) is 4.99. The smallest absolute Gasteiger partial charge is 0.234 e. The molecule has 0 fully saturated rings. The zero-order valence-electron chi connectivity index (χ0n) is 18.7. The van der Waals surface area contributed by atoms with Crippen LogP contribution in [0.5, 0.6) is 5.75 Å². The SMILES string of the molecule is COc1cc(Cl)c(C)cc1NC(=O)CSc1nnc(CSc2ccccc2)n1-c1ccccc1. The maximum Gasteiger partial charge on any atom is 0.234 e. The van der Waals surface area contributed by atoms with Crippen molar-refractivity contribution in [3.05, 3.63) is 89.2 Å². The molecule has 174 valence electrons. The Balaban J connectivity index is 1.50. The molecule has 1 amide bonds. The topological polar surface area (TPSA) is 69.0 Å². The number of aromatic nitrogens is 3. The molecule has 0 radical (unpaired) electrons. The number of rotatable bonds is 9. The number of methoxy groups -OCH3 is 1. The van der Waals surface area contributed by atoms with E-state index < -0.39 is 0 Å². The molecule has 0 aliphatic rings. The van der Waals surface area contributed by atoms with Gasteiger partial charge in [-0.05, 0) is 42.8 Å². The minimum absolute atomic E-state index is 0.168. The number of carbonyl (C=O) groups is 1. The van der Waals surface area contributed by atoms with E-state index in [4.69, 9.17) is 16.3 Å². The van der Waals surface area contributed by atoms with Crippen LogP contribution in [0.3, 0.4) is 0 Å². The molecule has 0 spiro atoms. The van der Waals surface area contributed by atoms with Gasteiger partial charge in [-0.25, -0.2) is 0 Å². The lowest BCUT2D eigenvalue weighted by atomic mass is 10.2. The summed E-state index contributed by atoms with van der Waals surface area (Å²) in [7, 11) is 1.54. The number of carbonyl (C=O) groups excluding carboxylic acids is 1. The molecule has 0 bridgehead atoms. The highest BCUT2D eigenvalue weighted by atomic mass is 35.5. The number of nitrogens with one attached hydrogen (secondary N) is 1. The van der Waals surface area contributed by atoms with Crippen molar-refractivity contribution >= 4 is 46.7 Å². The van der Waals surface area contributed by atoms with E-state index in [0.29, 0.717) is 27.4 Å². The van der Waals surface area contributed by atoms with Gasteiger partial charge in [0.1, 0.15) is 11.6 Å². The number of aryl methyl sites for hydroxylation is 1. The standard InChI is InChI=1S/C25H23ClN4O2S2/c1-17-13-21(22(32-2)14-20(17)26)27-24(31)16-34-25-29-28-23(15-33-19-11-7-4-8-12-19)30(25)18-9-5-3-6-10-18/h3-14H,15-16H2,1-2H3,(H,27,31). The van der Waals surface area contributed by atoms with Crippen molar-refractivity contribution in [2.45, 2.75) is 22.7 Å². The van der Waals surface area contributed by atoms with Crippen LogP contribution in [0.2, 0.25) is 5.02 Å². The molecule has 4 rings (SSSR count). The first-order valence-electron chi connectivity index (χ1n) is 10.5. The summed E-state index contributed by atoms with van der Waals surface area (Å²) in [6.07, 6.45) is 0. The number of para-hydroxylation sites is 1. The van der Waals surface area contributed by atoms with E-state index in [2.05, 4.69) is 27.6 Å². The lowest BCUT2D eigenvalue weighted by Crippen LogP contribution is -2.15. The molecule has 0 saturated carbocycles. The number of ether oxygens (including phenoxy) is 1. The van der Waals surface area contributed by atoms with Gasteiger partial charge in [0, 0.05) is 21.7 Å².